The van der Waals surface area contributed by atoms with Crippen LogP contribution in [0.15, 0.2) is 53.5 Å². The molecule has 0 unspecified atom stereocenters. The summed E-state index contributed by atoms with van der Waals surface area (Å²) in [7, 11) is 1.58. The highest BCUT2D eigenvalue weighted by Crippen LogP contribution is 2.32. The van der Waals surface area contributed by atoms with Crippen LogP contribution in [-0.4, -0.2) is 62.6 Å². The van der Waals surface area contributed by atoms with Crippen molar-refractivity contribution in [2.24, 2.45) is 10.9 Å². The number of carbonyl (C=O) groups is 2. The number of carbonyl (C=O) groups excluding carboxylic acids is 2. The van der Waals surface area contributed by atoms with E-state index >= 15 is 0 Å². The topological polar surface area (TPSA) is 83.5 Å². The largest absolute Gasteiger partial charge is 0.497 e. The summed E-state index contributed by atoms with van der Waals surface area (Å²) >= 11 is 0. The number of rotatable bonds is 5. The molecule has 9 heteroatoms. The van der Waals surface area contributed by atoms with Gasteiger partial charge in [0.1, 0.15) is 17.6 Å². The van der Waals surface area contributed by atoms with Crippen LogP contribution >= 0.6 is 0 Å². The summed E-state index contributed by atoms with van der Waals surface area (Å²) in [5.74, 6) is -1.24. The molecule has 2 aliphatic heterocycles. The van der Waals surface area contributed by atoms with Gasteiger partial charge in [0.2, 0.25) is 11.9 Å². The van der Waals surface area contributed by atoms with Crippen LogP contribution < -0.4 is 15.0 Å². The lowest BCUT2D eigenvalue weighted by molar-refractivity contribution is -0.153. The first-order valence-electron chi connectivity index (χ1n) is 10.9. The number of anilines is 1. The standard InChI is InChI=1S/C24H27FN4O4/c1-3-33-23(31)20-21(16-4-10-19(32-2)11-5-16)26-24(27-22(20)30)29-14-12-28(13-15-29)18-8-6-17(25)7-9-18/h4-11,20-21H,3,12-15H2,1-2H3,(H,26,27,30)/t20-,21-/m0/s1. The first-order chi connectivity index (χ1) is 16.0. The summed E-state index contributed by atoms with van der Waals surface area (Å²) in [6.07, 6.45) is 0. The van der Waals surface area contributed by atoms with E-state index < -0.39 is 23.8 Å². The summed E-state index contributed by atoms with van der Waals surface area (Å²) in [6, 6.07) is 12.9. The van der Waals surface area contributed by atoms with Crippen molar-refractivity contribution in [3.05, 3.63) is 59.9 Å². The number of piperazine rings is 1. The molecule has 33 heavy (non-hydrogen) atoms. The van der Waals surface area contributed by atoms with Gasteiger partial charge in [0.25, 0.3) is 0 Å². The van der Waals surface area contributed by atoms with E-state index in [-0.39, 0.29) is 12.4 Å². The van der Waals surface area contributed by atoms with E-state index in [1.165, 1.54) is 12.1 Å². The number of hydrogen-bond donors (Lipinski definition) is 1. The highest BCUT2D eigenvalue weighted by Gasteiger charge is 2.42. The molecule has 1 fully saturated rings. The molecule has 0 bridgehead atoms. The molecule has 0 spiro atoms. The zero-order valence-corrected chi connectivity index (χ0v) is 18.7. The molecule has 1 N–H and O–H groups in total. The Hall–Kier alpha value is -3.62. The van der Waals surface area contributed by atoms with Crippen LogP contribution in [0.25, 0.3) is 0 Å². The number of nitrogens with one attached hydrogen (secondary N) is 1. The average molecular weight is 455 g/mol. The van der Waals surface area contributed by atoms with Crippen molar-refractivity contribution in [2.75, 3.05) is 44.8 Å². The molecule has 0 saturated carbocycles. The number of guanidine groups is 1. The van der Waals surface area contributed by atoms with Crippen LogP contribution in [0.1, 0.15) is 18.5 Å². The quantitative estimate of drug-likeness (QED) is 0.552. The molecule has 2 aromatic rings. The maximum absolute atomic E-state index is 13.2. The fraction of sp³-hybridized carbons (Fsp3) is 0.375. The van der Waals surface area contributed by atoms with Crippen molar-refractivity contribution in [2.45, 2.75) is 13.0 Å². The minimum absolute atomic E-state index is 0.180. The van der Waals surface area contributed by atoms with Crippen molar-refractivity contribution in [1.29, 1.82) is 0 Å². The first kappa shape index (κ1) is 22.6. The van der Waals surface area contributed by atoms with Crippen molar-refractivity contribution < 1.29 is 23.5 Å². The number of nitrogens with zero attached hydrogens (tertiary/aromatic N) is 3. The Kier molecular flexibility index (Phi) is 6.76. The number of benzene rings is 2. The molecule has 4 rings (SSSR count). The molecule has 1 saturated heterocycles. The van der Waals surface area contributed by atoms with Gasteiger partial charge in [-0.05, 0) is 48.9 Å². The van der Waals surface area contributed by atoms with Crippen molar-refractivity contribution in [3.8, 4) is 5.75 Å². The monoisotopic (exact) mass is 454 g/mol. The summed E-state index contributed by atoms with van der Waals surface area (Å²) in [5, 5.41) is 2.80. The van der Waals surface area contributed by atoms with Crippen LogP contribution in [0, 0.1) is 11.7 Å². The zero-order chi connectivity index (χ0) is 23.4. The van der Waals surface area contributed by atoms with E-state index in [9.17, 15) is 14.0 Å². The Morgan fingerprint density at radius 3 is 2.30 bits per heavy atom. The van der Waals surface area contributed by atoms with Gasteiger partial charge in [-0.15, -0.1) is 0 Å². The number of methoxy groups -OCH3 is 1. The fourth-order valence-corrected chi connectivity index (χ4v) is 4.09. The molecule has 0 aliphatic carbocycles. The van der Waals surface area contributed by atoms with Crippen molar-refractivity contribution in [3.63, 3.8) is 0 Å². The number of esters is 1. The Bertz CT molecular complexity index is 1020. The van der Waals surface area contributed by atoms with E-state index in [1.807, 2.05) is 17.0 Å². The normalized spacial score (nSPS) is 20.7. The Balaban J connectivity index is 1.55. The van der Waals surface area contributed by atoms with Crippen LogP contribution in [0.4, 0.5) is 10.1 Å². The van der Waals surface area contributed by atoms with Gasteiger partial charge < -0.3 is 19.3 Å². The molecule has 2 aliphatic rings. The van der Waals surface area contributed by atoms with Gasteiger partial charge in [-0.1, -0.05) is 12.1 Å². The average Bonchev–Trinajstić information content (AvgIpc) is 2.84. The van der Waals surface area contributed by atoms with E-state index in [0.717, 1.165) is 11.3 Å². The highest BCUT2D eigenvalue weighted by molar-refractivity contribution is 6.08. The summed E-state index contributed by atoms with van der Waals surface area (Å²) in [4.78, 5) is 34.5. The molecule has 1 amide bonds. The number of hydrogen-bond acceptors (Lipinski definition) is 7. The lowest BCUT2D eigenvalue weighted by Crippen LogP contribution is -2.57. The SMILES string of the molecule is CCOC(=O)[C@@H]1C(=O)NC(N2CCN(c3ccc(F)cc3)CC2)=N[C@H]1c1ccc(OC)cc1. The molecule has 0 aromatic heterocycles. The van der Waals surface area contributed by atoms with Crippen LogP contribution in [0.5, 0.6) is 5.75 Å². The minimum Gasteiger partial charge on any atom is -0.497 e. The smallest absolute Gasteiger partial charge is 0.321 e. The summed E-state index contributed by atoms with van der Waals surface area (Å²) in [5.41, 5.74) is 1.68. The second-order valence-corrected chi connectivity index (χ2v) is 7.84. The van der Waals surface area contributed by atoms with Gasteiger partial charge >= 0.3 is 5.97 Å². The Morgan fingerprint density at radius 2 is 1.70 bits per heavy atom. The summed E-state index contributed by atoms with van der Waals surface area (Å²) < 4.78 is 23.6. The minimum atomic E-state index is -1.07. The zero-order valence-electron chi connectivity index (χ0n) is 18.7. The van der Waals surface area contributed by atoms with E-state index in [0.29, 0.717) is 37.9 Å². The molecule has 174 valence electrons. The number of aliphatic imine (C=N–C) groups is 1. The Labute approximate surface area is 192 Å². The van der Waals surface area contributed by atoms with Gasteiger partial charge in [0.15, 0.2) is 5.92 Å². The highest BCUT2D eigenvalue weighted by atomic mass is 19.1. The van der Waals surface area contributed by atoms with Gasteiger partial charge in [-0.25, -0.2) is 9.38 Å². The first-order valence-corrected chi connectivity index (χ1v) is 10.9. The molecular weight excluding hydrogens is 427 g/mol. The van der Waals surface area contributed by atoms with Gasteiger partial charge in [-0.3, -0.25) is 14.9 Å². The molecule has 2 heterocycles. The molecule has 2 atom stereocenters. The lowest BCUT2D eigenvalue weighted by atomic mass is 9.91. The van der Waals surface area contributed by atoms with Crippen LogP contribution in [0.3, 0.4) is 0 Å². The number of halogens is 1. The third-order valence-corrected chi connectivity index (χ3v) is 5.86. The van der Waals surface area contributed by atoms with Gasteiger partial charge in [-0.2, -0.15) is 0 Å². The molecule has 8 nitrogen and oxygen atoms in total. The van der Waals surface area contributed by atoms with E-state index in [2.05, 4.69) is 10.2 Å². The third kappa shape index (κ3) is 4.92. The summed E-state index contributed by atoms with van der Waals surface area (Å²) in [6.45, 7) is 4.51. The van der Waals surface area contributed by atoms with Gasteiger partial charge in [0, 0.05) is 31.9 Å². The number of amides is 1. The second kappa shape index (κ2) is 9.89. The fourth-order valence-electron chi connectivity index (χ4n) is 4.09. The molecule has 2 aromatic carbocycles. The maximum atomic E-state index is 13.2. The third-order valence-electron chi connectivity index (χ3n) is 5.86. The maximum Gasteiger partial charge on any atom is 0.321 e. The predicted molar refractivity (Wildman–Crippen MR) is 122 cm³/mol. The van der Waals surface area contributed by atoms with E-state index in [4.69, 9.17) is 14.5 Å². The molecule has 0 radical (unpaired) electrons. The van der Waals surface area contributed by atoms with Gasteiger partial charge in [0.05, 0.1) is 13.7 Å². The van der Waals surface area contributed by atoms with Crippen LogP contribution in [0.2, 0.25) is 0 Å². The predicted octanol–water partition coefficient (Wildman–Crippen LogP) is 2.36. The van der Waals surface area contributed by atoms with Crippen LogP contribution in [-0.2, 0) is 14.3 Å². The lowest BCUT2D eigenvalue weighted by Gasteiger charge is -2.39. The second-order valence-electron chi connectivity index (χ2n) is 7.84. The number of ether oxygens (including phenoxy) is 2. The molecular formula is C24H27FN4O4. The van der Waals surface area contributed by atoms with E-state index in [1.54, 1.807) is 38.3 Å². The Morgan fingerprint density at radius 1 is 1.06 bits per heavy atom. The van der Waals surface area contributed by atoms with Crippen molar-refractivity contribution in [1.82, 2.24) is 10.2 Å². The van der Waals surface area contributed by atoms with Crippen molar-refractivity contribution >= 4 is 23.5 Å².